The van der Waals surface area contributed by atoms with Crippen LogP contribution in [0.2, 0.25) is 0 Å². The lowest BCUT2D eigenvalue weighted by Gasteiger charge is -2.24. The molecule has 3 heterocycles. The van der Waals surface area contributed by atoms with Crippen LogP contribution in [0.15, 0.2) is 48.8 Å². The molecule has 9 nitrogen and oxygen atoms in total. The molecule has 9 heteroatoms. The van der Waals surface area contributed by atoms with E-state index in [9.17, 15) is 9.59 Å². The van der Waals surface area contributed by atoms with Gasteiger partial charge in [0.05, 0.1) is 30.8 Å². The predicted molar refractivity (Wildman–Crippen MR) is 124 cm³/mol. The van der Waals surface area contributed by atoms with Gasteiger partial charge in [-0.1, -0.05) is 24.3 Å². The van der Waals surface area contributed by atoms with Crippen molar-refractivity contribution in [2.75, 3.05) is 26.2 Å². The molecule has 2 aliphatic rings. The van der Waals surface area contributed by atoms with Crippen LogP contribution in [-0.2, 0) is 28.8 Å². The molecule has 0 fully saturated rings. The molecule has 2 aliphatic heterocycles. The van der Waals surface area contributed by atoms with Gasteiger partial charge in [-0.25, -0.2) is 14.3 Å². The number of fused-ring (bicyclic) bond motifs is 1. The van der Waals surface area contributed by atoms with Crippen LogP contribution in [-0.4, -0.2) is 80.1 Å². The third-order valence-corrected chi connectivity index (χ3v) is 6.36. The molecule has 34 heavy (non-hydrogen) atoms. The van der Waals surface area contributed by atoms with Gasteiger partial charge in [0.15, 0.2) is 12.8 Å². The zero-order chi connectivity index (χ0) is 23.5. The lowest BCUT2D eigenvalue weighted by atomic mass is 9.96. The number of cyclic esters (lactones) is 1. The first-order valence-electron chi connectivity index (χ1n) is 11.6. The molecule has 1 atom stereocenters. The van der Waals surface area contributed by atoms with Gasteiger partial charge in [0.2, 0.25) is 0 Å². The van der Waals surface area contributed by atoms with Crippen molar-refractivity contribution in [3.8, 4) is 5.69 Å². The van der Waals surface area contributed by atoms with Gasteiger partial charge < -0.3 is 4.74 Å². The highest BCUT2D eigenvalue weighted by molar-refractivity contribution is 5.92. The third kappa shape index (κ3) is 4.94. The van der Waals surface area contributed by atoms with Crippen molar-refractivity contribution < 1.29 is 18.9 Å². The molecule has 5 rings (SSSR count). The van der Waals surface area contributed by atoms with Crippen LogP contribution in [0.25, 0.3) is 5.69 Å². The summed E-state index contributed by atoms with van der Waals surface area (Å²) < 4.78 is 8.71. The summed E-state index contributed by atoms with van der Waals surface area (Å²) in [6, 6.07) is 13.7. The zero-order valence-corrected chi connectivity index (χ0v) is 19.1. The van der Waals surface area contributed by atoms with E-state index >= 15 is 0 Å². The molecule has 1 aromatic heterocycles. The minimum Gasteiger partial charge on any atom is -0.459 e. The molecule has 0 N–H and O–H groups in total. The highest BCUT2D eigenvalue weighted by atomic mass is 16.5. The zero-order valence-electron chi connectivity index (χ0n) is 19.1. The lowest BCUT2D eigenvalue weighted by molar-refractivity contribution is -0.451. The Balaban J connectivity index is 1.13. The fourth-order valence-electron chi connectivity index (χ4n) is 4.45. The smallest absolute Gasteiger partial charge is 0.391 e. The van der Waals surface area contributed by atoms with Crippen LogP contribution in [0.1, 0.15) is 34.0 Å². The number of carbonyl (C=O) groups is 2. The minimum absolute atomic E-state index is 0.0700. The summed E-state index contributed by atoms with van der Waals surface area (Å²) in [6.07, 6.45) is 5.50. The third-order valence-electron chi connectivity index (χ3n) is 6.36. The summed E-state index contributed by atoms with van der Waals surface area (Å²) in [5.41, 5.74) is 4.81. The van der Waals surface area contributed by atoms with Crippen molar-refractivity contribution in [1.82, 2.24) is 25.1 Å². The van der Waals surface area contributed by atoms with Crippen LogP contribution in [0.3, 0.4) is 0 Å². The number of hydrogen-bond donors (Lipinski definition) is 0. The molecule has 1 amide bonds. The second kappa shape index (κ2) is 9.64. The largest absolute Gasteiger partial charge is 0.459 e. The average Bonchev–Trinajstić information content (AvgIpc) is 3.38. The van der Waals surface area contributed by atoms with Crippen LogP contribution in [0.4, 0.5) is 0 Å². The van der Waals surface area contributed by atoms with Gasteiger partial charge in [-0.15, -0.1) is 5.10 Å². The highest BCUT2D eigenvalue weighted by Gasteiger charge is 2.25. The molecule has 0 radical (unpaired) electrons. The van der Waals surface area contributed by atoms with Crippen LogP contribution in [0, 0.1) is 0 Å². The Morgan fingerprint density at radius 3 is 2.74 bits per heavy atom. The van der Waals surface area contributed by atoms with E-state index < -0.39 is 0 Å². The fraction of sp³-hybridized carbons (Fsp3) is 0.360. The summed E-state index contributed by atoms with van der Waals surface area (Å²) in [4.78, 5) is 27.1. The van der Waals surface area contributed by atoms with E-state index in [1.54, 1.807) is 4.68 Å². The number of rotatable bonds is 6. The number of nitrogens with zero attached hydrogens (tertiary/aromatic N) is 6. The van der Waals surface area contributed by atoms with Gasteiger partial charge in [-0.05, 0) is 58.7 Å². The topological polar surface area (TPSA) is 93.2 Å². The number of carbonyl (C=O) groups excluding carboxylic acids is 2. The van der Waals surface area contributed by atoms with E-state index in [4.69, 9.17) is 4.74 Å². The van der Waals surface area contributed by atoms with Crippen LogP contribution < -0.4 is 0 Å². The maximum absolute atomic E-state index is 12.8. The second-order valence-electron chi connectivity index (χ2n) is 8.83. The molecular weight excluding hydrogens is 432 g/mol. The summed E-state index contributed by atoms with van der Waals surface area (Å²) in [5.74, 6) is -0.121. The van der Waals surface area contributed by atoms with Gasteiger partial charge in [-0.2, -0.15) is 4.58 Å². The van der Waals surface area contributed by atoms with Crippen LogP contribution in [0.5, 0.6) is 0 Å². The number of ether oxygens (including phenoxy) is 1. The van der Waals surface area contributed by atoms with Crippen molar-refractivity contribution in [3.05, 3.63) is 71.0 Å². The first-order valence-corrected chi connectivity index (χ1v) is 11.6. The SMILES string of the molecule is CC1Cc2cc(CCN3CC=[N+](C(=O)Cc4ccc(-n5cnnn5)cc4)CC3)ccc2C(=O)O1. The Kier molecular flexibility index (Phi) is 6.27. The van der Waals surface area contributed by atoms with E-state index in [1.807, 2.05) is 54.1 Å². The van der Waals surface area contributed by atoms with Crippen molar-refractivity contribution in [2.24, 2.45) is 0 Å². The Hall–Kier alpha value is -3.72. The van der Waals surface area contributed by atoms with Gasteiger partial charge in [0, 0.05) is 13.0 Å². The molecule has 2 aromatic carbocycles. The number of benzene rings is 2. The average molecular weight is 460 g/mol. The summed E-state index contributed by atoms with van der Waals surface area (Å²) >= 11 is 0. The Morgan fingerprint density at radius 1 is 1.18 bits per heavy atom. The monoisotopic (exact) mass is 459 g/mol. The number of esters is 1. The van der Waals surface area contributed by atoms with E-state index in [0.717, 1.165) is 49.3 Å². The molecule has 0 saturated carbocycles. The maximum Gasteiger partial charge on any atom is 0.391 e. The number of aromatic nitrogens is 4. The molecular formula is C25H27N6O3+. The molecule has 0 spiro atoms. The summed E-state index contributed by atoms with van der Waals surface area (Å²) in [7, 11) is 0. The van der Waals surface area contributed by atoms with Gasteiger partial charge >= 0.3 is 11.9 Å². The number of hydrogen-bond acceptors (Lipinski definition) is 7. The van der Waals surface area contributed by atoms with E-state index in [0.29, 0.717) is 18.5 Å². The Bertz CT molecular complexity index is 1220. The van der Waals surface area contributed by atoms with Crippen LogP contribution >= 0.6 is 0 Å². The minimum atomic E-state index is -0.223. The molecule has 0 saturated heterocycles. The molecule has 174 valence electrons. The predicted octanol–water partition coefficient (Wildman–Crippen LogP) is 1.47. The Morgan fingerprint density at radius 2 is 2.00 bits per heavy atom. The van der Waals surface area contributed by atoms with Crippen molar-refractivity contribution >= 4 is 18.1 Å². The molecule has 0 bridgehead atoms. The second-order valence-corrected chi connectivity index (χ2v) is 8.83. The molecule has 0 aliphatic carbocycles. The maximum atomic E-state index is 12.8. The van der Waals surface area contributed by atoms with E-state index in [1.165, 1.54) is 11.9 Å². The summed E-state index contributed by atoms with van der Waals surface area (Å²) in [5, 5.41) is 11.1. The van der Waals surface area contributed by atoms with E-state index in [2.05, 4.69) is 26.5 Å². The van der Waals surface area contributed by atoms with Gasteiger partial charge in [-0.3, -0.25) is 4.90 Å². The summed E-state index contributed by atoms with van der Waals surface area (Å²) in [6.45, 7) is 5.12. The number of tetrazole rings is 1. The number of amides is 1. The first kappa shape index (κ1) is 22.1. The Labute approximate surface area is 197 Å². The first-order chi connectivity index (χ1) is 16.5. The molecule has 1 unspecified atom stereocenters. The normalized spacial score (nSPS) is 18.2. The standard InChI is InChI=1S/C25H27N6O3/c1-18-14-21-15-20(4-7-23(21)25(33)34-18)8-9-29-10-12-30(13-11-29)24(32)16-19-2-5-22(6-3-19)31-17-26-27-28-31/h2-7,12,15,17-18H,8-11,13-14,16H2,1H3/q+1. The van der Waals surface area contributed by atoms with Gasteiger partial charge in [0.25, 0.3) is 0 Å². The van der Waals surface area contributed by atoms with Crippen molar-refractivity contribution in [3.63, 3.8) is 0 Å². The fourth-order valence-corrected chi connectivity index (χ4v) is 4.45. The quantitative estimate of drug-likeness (QED) is 0.407. The van der Waals surface area contributed by atoms with Crippen molar-refractivity contribution in [1.29, 1.82) is 0 Å². The van der Waals surface area contributed by atoms with E-state index in [-0.39, 0.29) is 18.0 Å². The van der Waals surface area contributed by atoms with Gasteiger partial charge in [0.1, 0.15) is 12.4 Å². The highest BCUT2D eigenvalue weighted by Crippen LogP contribution is 2.22. The lowest BCUT2D eigenvalue weighted by Crippen LogP contribution is -2.43. The van der Waals surface area contributed by atoms with Crippen molar-refractivity contribution in [2.45, 2.75) is 32.3 Å². The molecule has 3 aromatic rings.